The van der Waals surface area contributed by atoms with Crippen molar-refractivity contribution in [1.29, 1.82) is 0 Å². The molecule has 1 aliphatic heterocycles. The summed E-state index contributed by atoms with van der Waals surface area (Å²) in [5.74, 6) is 0.333. The van der Waals surface area contributed by atoms with Gasteiger partial charge in [0.05, 0.1) is 25.9 Å². The summed E-state index contributed by atoms with van der Waals surface area (Å²) in [4.78, 5) is 20.8. The van der Waals surface area contributed by atoms with Gasteiger partial charge in [0, 0.05) is 35.6 Å². The smallest absolute Gasteiger partial charge is 0.266 e. The number of nitrogens with zero attached hydrogens (tertiary/aromatic N) is 4. The number of nitrogens with one attached hydrogen (secondary N) is 2. The van der Waals surface area contributed by atoms with Crippen LogP contribution in [0.15, 0.2) is 58.6 Å². The molecule has 12 heteroatoms. The number of hydrogen-bond acceptors (Lipinski definition) is 9. The van der Waals surface area contributed by atoms with Crippen LogP contribution in [0.4, 0.5) is 5.69 Å². The molecule has 2 aromatic rings. The summed E-state index contributed by atoms with van der Waals surface area (Å²) in [7, 11) is 0. The van der Waals surface area contributed by atoms with Crippen molar-refractivity contribution in [3.63, 3.8) is 0 Å². The molecule has 1 aliphatic rings. The van der Waals surface area contributed by atoms with Crippen LogP contribution in [0.3, 0.4) is 0 Å². The summed E-state index contributed by atoms with van der Waals surface area (Å²) >= 11 is 0. The van der Waals surface area contributed by atoms with Crippen LogP contribution in [-0.4, -0.2) is 71.7 Å². The van der Waals surface area contributed by atoms with Gasteiger partial charge in [-0.25, -0.2) is 10.4 Å². The van der Waals surface area contributed by atoms with Crippen molar-refractivity contribution in [2.45, 2.75) is 24.4 Å². The first-order valence-corrected chi connectivity index (χ1v) is 11.0. The van der Waals surface area contributed by atoms with E-state index in [1.54, 1.807) is 48.5 Å². The first-order chi connectivity index (χ1) is 17.0. The van der Waals surface area contributed by atoms with Gasteiger partial charge in [0.25, 0.3) is 5.91 Å². The lowest BCUT2D eigenvalue weighted by molar-refractivity contribution is -0.128. The van der Waals surface area contributed by atoms with Crippen molar-refractivity contribution < 1.29 is 29.6 Å². The molecule has 1 atom stereocenters. The Kier molecular flexibility index (Phi) is 9.41. The molecule has 3 rings (SSSR count). The molecule has 0 radical (unpaired) electrons. The molecule has 0 unspecified atom stereocenters. The van der Waals surface area contributed by atoms with Crippen molar-refractivity contribution >= 4 is 17.5 Å². The first kappa shape index (κ1) is 25.9. The number of aliphatic hydroxyl groups is 3. The zero-order valence-corrected chi connectivity index (χ0v) is 19.0. The summed E-state index contributed by atoms with van der Waals surface area (Å²) in [6.07, 6.45) is 0.596. The number of aliphatic imine (C=N–C) groups is 1. The molecule has 0 aromatic heterocycles. The van der Waals surface area contributed by atoms with E-state index in [1.165, 1.54) is 0 Å². The Hall–Kier alpha value is -3.67. The standard InChI is InChI=1S/C23H28N6O6/c24-29-27-20-5-2-1-4-17(20)12-23(22(33)28-26-18(13-31)14-32)15-35-21(25-23)16-6-8-19(9-7-16)34-11-3-10-30/h1-2,4-9,18,26,30-32H,3,10-15H2,(H,28,33)/t23-/m0/s1. The van der Waals surface area contributed by atoms with E-state index in [1.807, 2.05) is 0 Å². The van der Waals surface area contributed by atoms with Crippen molar-refractivity contribution in [2.75, 3.05) is 33.0 Å². The Labute approximate surface area is 201 Å². The zero-order valence-electron chi connectivity index (χ0n) is 19.0. The quantitative estimate of drug-likeness (QED) is 0.0928. The predicted octanol–water partition coefficient (Wildman–Crippen LogP) is 1.12. The number of hydrazine groups is 1. The summed E-state index contributed by atoms with van der Waals surface area (Å²) < 4.78 is 11.4. The Morgan fingerprint density at radius 1 is 1.20 bits per heavy atom. The average Bonchev–Trinajstić information content (AvgIpc) is 3.32. The van der Waals surface area contributed by atoms with Crippen molar-refractivity contribution in [2.24, 2.45) is 10.1 Å². The van der Waals surface area contributed by atoms with Crippen LogP contribution in [0, 0.1) is 0 Å². The fraction of sp³-hybridized carbons (Fsp3) is 0.391. The van der Waals surface area contributed by atoms with Gasteiger partial charge in [0.15, 0.2) is 5.54 Å². The van der Waals surface area contributed by atoms with E-state index < -0.39 is 17.5 Å². The maximum atomic E-state index is 13.3. The van der Waals surface area contributed by atoms with Crippen molar-refractivity contribution in [1.82, 2.24) is 10.9 Å². The lowest BCUT2D eigenvalue weighted by Crippen LogP contribution is -2.56. The molecule has 1 amide bonds. The molecular weight excluding hydrogens is 456 g/mol. The van der Waals surface area contributed by atoms with Gasteiger partial charge < -0.3 is 24.8 Å². The summed E-state index contributed by atoms with van der Waals surface area (Å²) in [6, 6.07) is 13.1. The van der Waals surface area contributed by atoms with Gasteiger partial charge in [-0.2, -0.15) is 0 Å². The number of carbonyl (C=O) groups is 1. The van der Waals surface area contributed by atoms with Gasteiger partial charge in [-0.05, 0) is 35.4 Å². The van der Waals surface area contributed by atoms with Crippen LogP contribution < -0.4 is 15.6 Å². The third kappa shape index (κ3) is 6.69. The van der Waals surface area contributed by atoms with E-state index in [-0.39, 0.29) is 38.7 Å². The molecule has 0 saturated heterocycles. The van der Waals surface area contributed by atoms with E-state index in [0.717, 1.165) is 0 Å². The molecule has 186 valence electrons. The molecule has 35 heavy (non-hydrogen) atoms. The minimum atomic E-state index is -1.41. The minimum Gasteiger partial charge on any atom is -0.494 e. The second-order valence-electron chi connectivity index (χ2n) is 7.84. The Balaban J connectivity index is 1.89. The number of rotatable bonds is 13. The summed E-state index contributed by atoms with van der Waals surface area (Å²) in [5.41, 5.74) is 14.2. The van der Waals surface area contributed by atoms with Crippen LogP contribution in [0.25, 0.3) is 10.4 Å². The number of hydrogen-bond donors (Lipinski definition) is 5. The molecule has 0 fully saturated rings. The fourth-order valence-electron chi connectivity index (χ4n) is 3.38. The normalized spacial score (nSPS) is 16.9. The lowest BCUT2D eigenvalue weighted by atomic mass is 9.91. The molecule has 12 nitrogen and oxygen atoms in total. The number of azide groups is 1. The molecule has 5 N–H and O–H groups in total. The SMILES string of the molecule is [N-]=[N+]=Nc1ccccc1C[C@@]1(C(=O)NNC(CO)CO)COC(c2ccc(OCCCO)cc2)=N1. The molecule has 0 aliphatic carbocycles. The van der Waals surface area contributed by atoms with E-state index in [9.17, 15) is 15.0 Å². The number of ether oxygens (including phenoxy) is 2. The predicted molar refractivity (Wildman–Crippen MR) is 127 cm³/mol. The molecule has 0 spiro atoms. The molecule has 0 bridgehead atoms. The van der Waals surface area contributed by atoms with E-state index in [0.29, 0.717) is 35.6 Å². The highest BCUT2D eigenvalue weighted by Crippen LogP contribution is 2.31. The zero-order chi connectivity index (χ0) is 25.1. The van der Waals surface area contributed by atoms with E-state index >= 15 is 0 Å². The van der Waals surface area contributed by atoms with E-state index in [2.05, 4.69) is 25.9 Å². The highest BCUT2D eigenvalue weighted by atomic mass is 16.5. The lowest BCUT2D eigenvalue weighted by Gasteiger charge is -2.25. The highest BCUT2D eigenvalue weighted by Gasteiger charge is 2.45. The maximum Gasteiger partial charge on any atom is 0.266 e. The van der Waals surface area contributed by atoms with Gasteiger partial charge in [0.1, 0.15) is 12.4 Å². The van der Waals surface area contributed by atoms with Crippen molar-refractivity contribution in [3.8, 4) is 5.75 Å². The van der Waals surface area contributed by atoms with Gasteiger partial charge in [-0.1, -0.05) is 29.4 Å². The molecule has 2 aromatic carbocycles. The number of amides is 1. The second-order valence-corrected chi connectivity index (χ2v) is 7.84. The second kappa shape index (κ2) is 12.7. The van der Waals surface area contributed by atoms with Crippen LogP contribution in [0.1, 0.15) is 17.5 Å². The van der Waals surface area contributed by atoms with Crippen molar-refractivity contribution in [3.05, 3.63) is 70.1 Å². The summed E-state index contributed by atoms with van der Waals surface area (Å²) in [6.45, 7) is -0.431. The van der Waals surface area contributed by atoms with Gasteiger partial charge in [0.2, 0.25) is 5.90 Å². The third-order valence-corrected chi connectivity index (χ3v) is 5.32. The Bertz CT molecular complexity index is 1070. The number of benzene rings is 2. The monoisotopic (exact) mass is 484 g/mol. The first-order valence-electron chi connectivity index (χ1n) is 11.0. The molecule has 0 saturated carbocycles. The average molecular weight is 485 g/mol. The molecular formula is C23H28N6O6. The topological polar surface area (TPSA) is 181 Å². The van der Waals surface area contributed by atoms with Crippen LogP contribution >= 0.6 is 0 Å². The van der Waals surface area contributed by atoms with E-state index in [4.69, 9.17) is 20.1 Å². The minimum absolute atomic E-state index is 0.0435. The van der Waals surface area contributed by atoms with Crippen LogP contribution in [-0.2, 0) is 16.0 Å². The number of carbonyl (C=O) groups excluding carboxylic acids is 1. The third-order valence-electron chi connectivity index (χ3n) is 5.32. The van der Waals surface area contributed by atoms with Gasteiger partial charge >= 0.3 is 0 Å². The maximum absolute atomic E-state index is 13.3. The van der Waals surface area contributed by atoms with Gasteiger partial charge in [-0.15, -0.1) is 0 Å². The van der Waals surface area contributed by atoms with Crippen LogP contribution in [0.2, 0.25) is 0 Å². The van der Waals surface area contributed by atoms with Gasteiger partial charge in [-0.3, -0.25) is 10.2 Å². The highest BCUT2D eigenvalue weighted by molar-refractivity contribution is 6.00. The Morgan fingerprint density at radius 2 is 1.94 bits per heavy atom. The molecule has 1 heterocycles. The summed E-state index contributed by atoms with van der Waals surface area (Å²) in [5, 5.41) is 31.2. The Morgan fingerprint density at radius 3 is 2.63 bits per heavy atom. The largest absolute Gasteiger partial charge is 0.494 e. The number of aliphatic hydroxyl groups excluding tert-OH is 3. The fourth-order valence-corrected chi connectivity index (χ4v) is 3.38. The van der Waals surface area contributed by atoms with Crippen LogP contribution in [0.5, 0.6) is 5.75 Å².